The van der Waals surface area contributed by atoms with Crippen molar-refractivity contribution in [2.75, 3.05) is 31.9 Å². The number of rotatable bonds is 3. The number of fused-ring (bicyclic) bond motifs is 2. The summed E-state index contributed by atoms with van der Waals surface area (Å²) in [5.41, 5.74) is 5.54. The lowest BCUT2D eigenvalue weighted by molar-refractivity contribution is 0.257. The van der Waals surface area contributed by atoms with E-state index in [1.165, 1.54) is 18.0 Å². The summed E-state index contributed by atoms with van der Waals surface area (Å²) in [6, 6.07) is 1.32. The SMILES string of the molecule is CCS/C(=N/CCN)N1C2CCC1CNC2. The normalized spacial score (nSPS) is 29.9. The topological polar surface area (TPSA) is 53.6 Å². The zero-order valence-corrected chi connectivity index (χ0v) is 10.8. The van der Waals surface area contributed by atoms with Gasteiger partial charge >= 0.3 is 0 Å². The van der Waals surface area contributed by atoms with E-state index < -0.39 is 0 Å². The summed E-state index contributed by atoms with van der Waals surface area (Å²) in [7, 11) is 0. The van der Waals surface area contributed by atoms with Crippen LogP contribution in [0.4, 0.5) is 0 Å². The zero-order valence-electron chi connectivity index (χ0n) is 9.98. The smallest absolute Gasteiger partial charge is 0.159 e. The first-order chi connectivity index (χ1) is 7.86. The lowest BCUT2D eigenvalue weighted by Gasteiger charge is -2.37. The summed E-state index contributed by atoms with van der Waals surface area (Å²) in [5.74, 6) is 1.09. The van der Waals surface area contributed by atoms with Crippen molar-refractivity contribution in [2.45, 2.75) is 31.8 Å². The minimum Gasteiger partial charge on any atom is -0.343 e. The van der Waals surface area contributed by atoms with E-state index in [0.29, 0.717) is 18.6 Å². The van der Waals surface area contributed by atoms with E-state index in [-0.39, 0.29) is 0 Å². The van der Waals surface area contributed by atoms with Gasteiger partial charge in [0, 0.05) is 31.7 Å². The first kappa shape index (κ1) is 12.2. The third-order valence-electron chi connectivity index (χ3n) is 3.25. The fourth-order valence-electron chi connectivity index (χ4n) is 2.58. The molecule has 0 aromatic heterocycles. The van der Waals surface area contributed by atoms with Crippen LogP contribution in [0.1, 0.15) is 19.8 Å². The van der Waals surface area contributed by atoms with Crippen molar-refractivity contribution in [2.24, 2.45) is 10.7 Å². The number of hydrogen-bond donors (Lipinski definition) is 2. The molecule has 92 valence electrons. The molecule has 0 aliphatic carbocycles. The van der Waals surface area contributed by atoms with Crippen LogP contribution >= 0.6 is 11.8 Å². The molecular formula is C11H22N4S. The van der Waals surface area contributed by atoms with Crippen LogP contribution in [-0.2, 0) is 0 Å². The number of nitrogens with zero attached hydrogens (tertiary/aromatic N) is 2. The van der Waals surface area contributed by atoms with Crippen molar-refractivity contribution < 1.29 is 0 Å². The fraction of sp³-hybridized carbons (Fsp3) is 0.909. The molecule has 0 amide bonds. The Morgan fingerprint density at radius 3 is 2.69 bits per heavy atom. The van der Waals surface area contributed by atoms with Gasteiger partial charge in [-0.25, -0.2) is 0 Å². The first-order valence-electron chi connectivity index (χ1n) is 6.23. The number of aliphatic imine (C=N–C) groups is 1. The van der Waals surface area contributed by atoms with Crippen LogP contribution in [0.3, 0.4) is 0 Å². The molecule has 2 aliphatic heterocycles. The third-order valence-corrected chi connectivity index (χ3v) is 4.14. The van der Waals surface area contributed by atoms with Gasteiger partial charge in [0.05, 0.1) is 6.54 Å². The van der Waals surface area contributed by atoms with Crippen LogP contribution in [0.25, 0.3) is 0 Å². The molecule has 3 N–H and O–H groups in total. The van der Waals surface area contributed by atoms with Crippen LogP contribution in [0.5, 0.6) is 0 Å². The Hall–Kier alpha value is -0.260. The summed E-state index contributed by atoms with van der Waals surface area (Å²) in [6.07, 6.45) is 2.62. The Labute approximate surface area is 102 Å². The molecule has 2 bridgehead atoms. The predicted octanol–water partition coefficient (Wildman–Crippen LogP) is 0.490. The largest absolute Gasteiger partial charge is 0.343 e. The summed E-state index contributed by atoms with van der Waals surface area (Å²) >= 11 is 1.86. The highest BCUT2D eigenvalue weighted by molar-refractivity contribution is 8.13. The monoisotopic (exact) mass is 242 g/mol. The first-order valence-corrected chi connectivity index (χ1v) is 7.21. The number of amidine groups is 1. The molecule has 0 radical (unpaired) electrons. The summed E-state index contributed by atoms with van der Waals surface area (Å²) < 4.78 is 0. The maximum absolute atomic E-state index is 5.54. The summed E-state index contributed by atoms with van der Waals surface area (Å²) in [4.78, 5) is 7.19. The van der Waals surface area contributed by atoms with Crippen LogP contribution in [0.15, 0.2) is 4.99 Å². The third kappa shape index (κ3) is 2.52. The number of thioether (sulfide) groups is 1. The second kappa shape index (κ2) is 5.89. The van der Waals surface area contributed by atoms with Crippen LogP contribution < -0.4 is 11.1 Å². The van der Waals surface area contributed by atoms with Gasteiger partial charge in [0.15, 0.2) is 5.17 Å². The molecule has 5 heteroatoms. The van der Waals surface area contributed by atoms with E-state index in [1.54, 1.807) is 0 Å². The van der Waals surface area contributed by atoms with Gasteiger partial charge in [0.1, 0.15) is 0 Å². The average Bonchev–Trinajstić information content (AvgIpc) is 2.55. The predicted molar refractivity (Wildman–Crippen MR) is 71.0 cm³/mol. The highest BCUT2D eigenvalue weighted by atomic mass is 32.2. The maximum Gasteiger partial charge on any atom is 0.159 e. The lowest BCUT2D eigenvalue weighted by Crippen LogP contribution is -2.53. The average molecular weight is 242 g/mol. The van der Waals surface area contributed by atoms with Crippen molar-refractivity contribution in [3.8, 4) is 0 Å². The van der Waals surface area contributed by atoms with E-state index in [4.69, 9.17) is 5.73 Å². The van der Waals surface area contributed by atoms with E-state index >= 15 is 0 Å². The molecule has 2 heterocycles. The molecule has 2 atom stereocenters. The van der Waals surface area contributed by atoms with E-state index in [0.717, 1.165) is 25.4 Å². The molecular weight excluding hydrogens is 220 g/mol. The maximum atomic E-state index is 5.54. The lowest BCUT2D eigenvalue weighted by atomic mass is 10.2. The Balaban J connectivity index is 2.07. The quantitative estimate of drug-likeness (QED) is 0.559. The van der Waals surface area contributed by atoms with Gasteiger partial charge in [-0.3, -0.25) is 4.99 Å². The molecule has 2 saturated heterocycles. The van der Waals surface area contributed by atoms with Crippen molar-refractivity contribution in [1.82, 2.24) is 10.2 Å². The van der Waals surface area contributed by atoms with Gasteiger partial charge in [0.2, 0.25) is 0 Å². The second-order valence-electron chi connectivity index (χ2n) is 4.34. The molecule has 2 fully saturated rings. The summed E-state index contributed by atoms with van der Waals surface area (Å²) in [6.45, 7) is 5.82. The van der Waals surface area contributed by atoms with Crippen LogP contribution in [-0.4, -0.2) is 54.1 Å². The number of nitrogens with two attached hydrogens (primary N) is 1. The minimum atomic E-state index is 0.648. The van der Waals surface area contributed by atoms with Crippen LogP contribution in [0.2, 0.25) is 0 Å². The number of piperazine rings is 1. The summed E-state index contributed by atoms with van der Waals surface area (Å²) in [5, 5.41) is 4.72. The van der Waals surface area contributed by atoms with Crippen molar-refractivity contribution >= 4 is 16.9 Å². The van der Waals surface area contributed by atoms with Gasteiger partial charge in [0.25, 0.3) is 0 Å². The van der Waals surface area contributed by atoms with Crippen molar-refractivity contribution in [3.05, 3.63) is 0 Å². The number of hydrogen-bond acceptors (Lipinski definition) is 4. The number of nitrogens with one attached hydrogen (secondary N) is 1. The van der Waals surface area contributed by atoms with E-state index in [9.17, 15) is 0 Å². The Morgan fingerprint density at radius 1 is 1.44 bits per heavy atom. The molecule has 2 rings (SSSR count). The zero-order chi connectivity index (χ0) is 11.4. The highest BCUT2D eigenvalue weighted by Gasteiger charge is 2.38. The van der Waals surface area contributed by atoms with Gasteiger partial charge in [-0.15, -0.1) is 0 Å². The molecule has 2 aliphatic rings. The Bertz CT molecular complexity index is 240. The Kier molecular flexibility index (Phi) is 4.49. The minimum absolute atomic E-state index is 0.648. The Morgan fingerprint density at radius 2 is 2.12 bits per heavy atom. The van der Waals surface area contributed by atoms with Crippen molar-refractivity contribution in [1.29, 1.82) is 0 Å². The molecule has 0 aromatic rings. The van der Waals surface area contributed by atoms with E-state index in [1.807, 2.05) is 11.8 Å². The van der Waals surface area contributed by atoms with Crippen molar-refractivity contribution in [3.63, 3.8) is 0 Å². The molecule has 0 saturated carbocycles. The fourth-order valence-corrected chi connectivity index (χ4v) is 3.47. The second-order valence-corrected chi connectivity index (χ2v) is 5.57. The standard InChI is InChI=1S/C11H22N4S/c1-2-16-11(14-6-5-12)15-9-3-4-10(15)8-13-7-9/h9-10,13H,2-8,12H2,1H3/b14-11+. The molecule has 2 unspecified atom stereocenters. The molecule has 0 aromatic carbocycles. The van der Waals surface area contributed by atoms with Gasteiger partial charge in [-0.2, -0.15) is 0 Å². The molecule has 0 spiro atoms. The van der Waals surface area contributed by atoms with Gasteiger partial charge in [-0.05, 0) is 18.6 Å². The molecule has 16 heavy (non-hydrogen) atoms. The highest BCUT2D eigenvalue weighted by Crippen LogP contribution is 2.29. The van der Waals surface area contributed by atoms with E-state index in [2.05, 4.69) is 22.1 Å². The molecule has 4 nitrogen and oxygen atoms in total. The van der Waals surface area contributed by atoms with Gasteiger partial charge in [-0.1, -0.05) is 18.7 Å². The van der Waals surface area contributed by atoms with Crippen LogP contribution in [0, 0.1) is 0 Å². The van der Waals surface area contributed by atoms with Gasteiger partial charge < -0.3 is 16.0 Å².